The Hall–Kier alpha value is 2.22. The minimum atomic E-state index is -2.92. The van der Waals surface area contributed by atoms with Gasteiger partial charge in [0.2, 0.25) is 0 Å². The molecule has 0 rings (SSSR count). The van der Waals surface area contributed by atoms with E-state index in [9.17, 15) is 0 Å². The van der Waals surface area contributed by atoms with E-state index in [4.69, 9.17) is 15.1 Å². The molecule has 0 aliphatic carbocycles. The first-order valence-corrected chi connectivity index (χ1v) is 0.707. The monoisotopic (exact) mass is 176 g/mol. The van der Waals surface area contributed by atoms with Crippen molar-refractivity contribution in [2.75, 3.05) is 0 Å². The fourth-order valence-electron chi connectivity index (χ4n) is 0. The van der Waals surface area contributed by atoms with Crippen LogP contribution in [0.4, 0.5) is 0 Å². The Bertz CT molecular complexity index is 20.8. The van der Waals surface area contributed by atoms with Crippen LogP contribution in [-0.4, -0.2) is 73.6 Å². The molecule has 0 amide bonds. The standard InChI is InChI=1S/BO3.Ca.ClH.Mg.H2O/c2-1(3)4;;;;/h;;1H;;1H2/q-3;+2;;+2;/p-1. The Kier molecular flexibility index (Phi) is 91.1. The number of hydrogen-bond donors (Lipinski definition) is 0. The van der Waals surface area contributed by atoms with Gasteiger partial charge in [-0.3, -0.25) is 7.32 Å². The average Bonchev–Trinajstić information content (AvgIpc) is 0.811. The van der Waals surface area contributed by atoms with Crippen molar-refractivity contribution < 1.29 is 33.0 Å². The fourth-order valence-corrected chi connectivity index (χ4v) is 0. The largest absolute Gasteiger partial charge is 2.00 e. The van der Waals surface area contributed by atoms with E-state index in [-0.39, 0.29) is 78.7 Å². The van der Waals surface area contributed by atoms with Gasteiger partial charge in [0.15, 0.2) is 0 Å². The minimum Gasteiger partial charge on any atom is -1.00 e. The second kappa shape index (κ2) is 22.9. The van der Waals surface area contributed by atoms with Crippen molar-refractivity contribution >= 4 is 68.1 Å². The van der Waals surface area contributed by atoms with E-state index >= 15 is 0 Å². The van der Waals surface area contributed by atoms with Gasteiger partial charge in [0.05, 0.1) is 0 Å². The molecule has 4 nitrogen and oxygen atoms in total. The molecule has 0 heterocycles. The zero-order valence-electron chi connectivity index (χ0n) is 4.09. The van der Waals surface area contributed by atoms with Crippen LogP contribution in [-0.2, 0) is 0 Å². The molecule has 0 aromatic carbocycles. The molecule has 0 unspecified atom stereocenters. The van der Waals surface area contributed by atoms with E-state index in [1.54, 1.807) is 0 Å². The maximum Gasteiger partial charge on any atom is 2.00 e. The molecule has 0 saturated carbocycles. The van der Waals surface area contributed by atoms with Crippen molar-refractivity contribution in [1.82, 2.24) is 0 Å². The second-order valence-corrected chi connectivity index (χ2v) is 0.289. The first-order valence-electron chi connectivity index (χ1n) is 0.707. The van der Waals surface area contributed by atoms with Gasteiger partial charge in [0.25, 0.3) is 0 Å². The van der Waals surface area contributed by atoms with Crippen LogP contribution in [0.15, 0.2) is 0 Å². The molecule has 0 aliphatic heterocycles. The van der Waals surface area contributed by atoms with Crippen molar-refractivity contribution in [3.8, 4) is 0 Å². The fraction of sp³-hybridized carbons (Fsp3) is 0. The van der Waals surface area contributed by atoms with E-state index in [1.807, 2.05) is 0 Å². The summed E-state index contributed by atoms with van der Waals surface area (Å²) in [6, 6.07) is 0. The molecule has 0 saturated heterocycles. The van der Waals surface area contributed by atoms with Crippen molar-refractivity contribution in [2.24, 2.45) is 0 Å². The molecule has 8 heteroatoms. The molecule has 0 atom stereocenters. The van der Waals surface area contributed by atoms with Crippen molar-refractivity contribution in [1.29, 1.82) is 0 Å². The number of halogens is 1. The van der Waals surface area contributed by atoms with Gasteiger partial charge in [-0.2, -0.15) is 0 Å². The Morgan fingerprint density at radius 2 is 1.00 bits per heavy atom. The summed E-state index contributed by atoms with van der Waals surface area (Å²) >= 11 is 0. The van der Waals surface area contributed by atoms with Crippen LogP contribution in [0, 0.1) is 0 Å². The Morgan fingerprint density at radius 1 is 1.00 bits per heavy atom. The van der Waals surface area contributed by atoms with Gasteiger partial charge in [-0.05, 0) is 0 Å². The topological polar surface area (TPSA) is 101 Å². The molecule has 0 bridgehead atoms. The first kappa shape index (κ1) is 31.9. The van der Waals surface area contributed by atoms with Gasteiger partial charge < -0.3 is 33.0 Å². The summed E-state index contributed by atoms with van der Waals surface area (Å²) in [6.45, 7) is 0. The Balaban J connectivity index is -0.00000000750. The molecule has 8 heavy (non-hydrogen) atoms. The summed E-state index contributed by atoms with van der Waals surface area (Å²) in [4.78, 5) is 0. The molecule has 0 aliphatic rings. The zero-order chi connectivity index (χ0) is 3.58. The van der Waals surface area contributed by atoms with E-state index in [1.165, 1.54) is 0 Å². The molecule has 0 aromatic heterocycles. The van der Waals surface area contributed by atoms with Crippen LogP contribution in [0.5, 0.6) is 0 Å². The Labute approximate surface area is 99.7 Å². The molecular formula is H2BCaClMgO4. The van der Waals surface area contributed by atoms with E-state index < -0.39 is 7.32 Å². The van der Waals surface area contributed by atoms with Crippen molar-refractivity contribution in [2.45, 2.75) is 0 Å². The molecule has 40 valence electrons. The third kappa shape index (κ3) is 86.9. The van der Waals surface area contributed by atoms with Gasteiger partial charge in [0.1, 0.15) is 0 Å². The van der Waals surface area contributed by atoms with Crippen LogP contribution >= 0.6 is 0 Å². The number of hydrogen-bond acceptors (Lipinski definition) is 3. The summed E-state index contributed by atoms with van der Waals surface area (Å²) < 4.78 is 0. The van der Waals surface area contributed by atoms with Crippen molar-refractivity contribution in [3.05, 3.63) is 0 Å². The van der Waals surface area contributed by atoms with Gasteiger partial charge in [0, 0.05) is 0 Å². The summed E-state index contributed by atoms with van der Waals surface area (Å²) in [5.41, 5.74) is 0. The van der Waals surface area contributed by atoms with E-state index in [0.717, 1.165) is 0 Å². The summed E-state index contributed by atoms with van der Waals surface area (Å²) in [5.74, 6) is 0. The smallest absolute Gasteiger partial charge is 1.00 e. The summed E-state index contributed by atoms with van der Waals surface area (Å²) in [7, 11) is -2.92. The molecule has 2 N–H and O–H groups in total. The quantitative estimate of drug-likeness (QED) is 0.343. The maximum atomic E-state index is 8.42. The molecule has 0 fully saturated rings. The maximum absolute atomic E-state index is 8.42. The third-order valence-corrected chi connectivity index (χ3v) is 0. The third-order valence-electron chi connectivity index (χ3n) is 0. The molecule has 0 radical (unpaired) electrons. The SMILES string of the molecule is O.[Ca+2].[Cl-].[Mg+2].[O-]B([O-])[O-]. The van der Waals surface area contributed by atoms with Gasteiger partial charge in [-0.1, -0.05) is 0 Å². The van der Waals surface area contributed by atoms with Gasteiger partial charge in [-0.15, -0.1) is 0 Å². The van der Waals surface area contributed by atoms with Crippen molar-refractivity contribution in [3.63, 3.8) is 0 Å². The van der Waals surface area contributed by atoms with Crippen LogP contribution in [0.3, 0.4) is 0 Å². The van der Waals surface area contributed by atoms with Crippen LogP contribution in [0.2, 0.25) is 0 Å². The summed E-state index contributed by atoms with van der Waals surface area (Å²) in [5, 5.41) is 25.2. The summed E-state index contributed by atoms with van der Waals surface area (Å²) in [6.07, 6.45) is 0. The van der Waals surface area contributed by atoms with E-state index in [2.05, 4.69) is 0 Å². The zero-order valence-corrected chi connectivity index (χ0v) is 8.47. The molecule has 0 spiro atoms. The second-order valence-electron chi connectivity index (χ2n) is 0.289. The Morgan fingerprint density at radius 3 is 1.00 bits per heavy atom. The average molecular weight is 177 g/mol. The van der Waals surface area contributed by atoms with Gasteiger partial charge >= 0.3 is 60.8 Å². The predicted molar refractivity (Wildman–Crippen MR) is 20.9 cm³/mol. The first-order chi connectivity index (χ1) is 1.73. The van der Waals surface area contributed by atoms with E-state index in [0.29, 0.717) is 0 Å². The van der Waals surface area contributed by atoms with Crippen LogP contribution in [0.1, 0.15) is 0 Å². The van der Waals surface area contributed by atoms with Crippen LogP contribution in [0.25, 0.3) is 0 Å². The molecule has 0 aromatic rings. The minimum absolute atomic E-state index is 0. The van der Waals surface area contributed by atoms with Crippen LogP contribution < -0.4 is 27.5 Å². The predicted octanol–water partition coefficient (Wildman–Crippen LogP) is -8.53. The van der Waals surface area contributed by atoms with Gasteiger partial charge in [-0.25, -0.2) is 0 Å². The molecular weight excluding hydrogens is 175 g/mol. The normalized spacial score (nSPS) is 3.38. The number of rotatable bonds is 0.